The molecular formula is C15H12F2N6. The fourth-order valence-electron chi connectivity index (χ4n) is 2.69. The Bertz CT molecular complexity index is 1000. The average molecular weight is 314 g/mol. The van der Waals surface area contributed by atoms with Gasteiger partial charge in [-0.05, 0) is 19.1 Å². The molecular weight excluding hydrogens is 302 g/mol. The predicted octanol–water partition coefficient (Wildman–Crippen LogP) is 2.94. The number of rotatable bonds is 3. The third-order valence-corrected chi connectivity index (χ3v) is 3.74. The summed E-state index contributed by atoms with van der Waals surface area (Å²) in [6.45, 7) is 1.28. The molecule has 0 saturated carbocycles. The number of alkyl halides is 2. The summed E-state index contributed by atoms with van der Waals surface area (Å²) in [4.78, 5) is 20.0. The molecule has 4 heterocycles. The summed E-state index contributed by atoms with van der Waals surface area (Å²) in [5.41, 5.74) is 3.24. The molecule has 4 rings (SSSR count). The number of hydrogen-bond donors (Lipinski definition) is 1. The van der Waals surface area contributed by atoms with E-state index in [0.717, 1.165) is 10.9 Å². The molecule has 23 heavy (non-hydrogen) atoms. The lowest BCUT2D eigenvalue weighted by atomic mass is 10.1. The molecule has 0 amide bonds. The molecule has 0 atom stereocenters. The number of imidazole rings is 1. The molecule has 0 saturated heterocycles. The molecule has 0 unspecified atom stereocenters. The number of aromatic nitrogens is 6. The third-order valence-electron chi connectivity index (χ3n) is 3.74. The highest BCUT2D eigenvalue weighted by atomic mass is 19.3. The zero-order chi connectivity index (χ0) is 16.0. The van der Waals surface area contributed by atoms with Crippen molar-refractivity contribution < 1.29 is 8.78 Å². The van der Waals surface area contributed by atoms with E-state index in [2.05, 4.69) is 24.9 Å². The molecule has 8 heteroatoms. The maximum Gasteiger partial charge on any atom is 0.256 e. The van der Waals surface area contributed by atoms with Gasteiger partial charge < -0.3 is 9.55 Å². The Labute approximate surface area is 129 Å². The van der Waals surface area contributed by atoms with Crippen molar-refractivity contribution in [3.05, 3.63) is 36.7 Å². The Morgan fingerprint density at radius 2 is 2.13 bits per heavy atom. The van der Waals surface area contributed by atoms with E-state index in [1.54, 1.807) is 25.4 Å². The number of halogens is 2. The van der Waals surface area contributed by atoms with Gasteiger partial charge in [-0.25, -0.2) is 28.7 Å². The van der Waals surface area contributed by atoms with Crippen molar-refractivity contribution in [3.63, 3.8) is 0 Å². The van der Waals surface area contributed by atoms with Gasteiger partial charge >= 0.3 is 0 Å². The van der Waals surface area contributed by atoms with Crippen LogP contribution in [-0.4, -0.2) is 35.9 Å². The quantitative estimate of drug-likeness (QED) is 0.631. The molecule has 4 aromatic rings. The number of aryl methyl sites for hydroxylation is 1. The van der Waals surface area contributed by atoms with E-state index in [4.69, 9.17) is 0 Å². The zero-order valence-electron chi connectivity index (χ0n) is 12.2. The van der Waals surface area contributed by atoms with Crippen LogP contribution in [0.5, 0.6) is 0 Å². The largest absolute Gasteiger partial charge is 0.345 e. The second kappa shape index (κ2) is 5.08. The molecule has 0 spiro atoms. The third kappa shape index (κ3) is 2.23. The zero-order valence-corrected chi connectivity index (χ0v) is 12.2. The number of nitrogens with one attached hydrogen (secondary N) is 1. The van der Waals surface area contributed by atoms with E-state index >= 15 is 0 Å². The Hall–Kier alpha value is -2.90. The van der Waals surface area contributed by atoms with Gasteiger partial charge in [-0.1, -0.05) is 0 Å². The van der Waals surface area contributed by atoms with Crippen LogP contribution in [-0.2, 0) is 6.54 Å². The van der Waals surface area contributed by atoms with E-state index in [9.17, 15) is 8.78 Å². The second-order valence-corrected chi connectivity index (χ2v) is 5.19. The van der Waals surface area contributed by atoms with Crippen LogP contribution in [0.2, 0.25) is 0 Å². The molecule has 1 N–H and O–H groups in total. The van der Waals surface area contributed by atoms with Gasteiger partial charge in [0.05, 0.1) is 12.2 Å². The molecule has 0 aromatic carbocycles. The summed E-state index contributed by atoms with van der Waals surface area (Å²) in [7, 11) is 0. The Balaban J connectivity index is 1.91. The second-order valence-electron chi connectivity index (χ2n) is 5.19. The smallest absolute Gasteiger partial charge is 0.256 e. The van der Waals surface area contributed by atoms with Gasteiger partial charge in [0.2, 0.25) is 0 Å². The Morgan fingerprint density at radius 1 is 1.26 bits per heavy atom. The van der Waals surface area contributed by atoms with Crippen molar-refractivity contribution in [3.8, 4) is 11.3 Å². The predicted molar refractivity (Wildman–Crippen MR) is 81.2 cm³/mol. The van der Waals surface area contributed by atoms with Crippen LogP contribution in [0.1, 0.15) is 5.82 Å². The maximum absolute atomic E-state index is 12.8. The summed E-state index contributed by atoms with van der Waals surface area (Å²) >= 11 is 0. The van der Waals surface area contributed by atoms with Gasteiger partial charge in [0, 0.05) is 23.3 Å². The summed E-state index contributed by atoms with van der Waals surface area (Å²) in [5, 5.41) is 0.830. The maximum atomic E-state index is 12.8. The van der Waals surface area contributed by atoms with E-state index in [1.807, 2.05) is 6.07 Å². The lowest BCUT2D eigenvalue weighted by Gasteiger charge is -2.06. The number of aromatic amines is 1. The van der Waals surface area contributed by atoms with E-state index in [-0.39, 0.29) is 0 Å². The Morgan fingerprint density at radius 3 is 2.96 bits per heavy atom. The average Bonchev–Trinajstić information content (AvgIpc) is 3.09. The van der Waals surface area contributed by atoms with Crippen molar-refractivity contribution in [1.82, 2.24) is 29.5 Å². The molecule has 0 aliphatic rings. The number of H-pyrrole nitrogens is 1. The highest BCUT2D eigenvalue weighted by Gasteiger charge is 2.15. The topological polar surface area (TPSA) is 72.3 Å². The summed E-state index contributed by atoms with van der Waals surface area (Å²) < 4.78 is 27.0. The van der Waals surface area contributed by atoms with Gasteiger partial charge in [-0.3, -0.25) is 0 Å². The van der Waals surface area contributed by atoms with Crippen LogP contribution in [0.3, 0.4) is 0 Å². The molecule has 0 aliphatic carbocycles. The summed E-state index contributed by atoms with van der Waals surface area (Å²) in [5.74, 6) is 0.521. The standard InChI is InChI=1S/C15H12F2N6/c1-8-21-12-3-2-11(22-15(12)23(8)6-13(16)17)9-5-19-14-10(9)4-18-7-20-14/h2-5,7,13H,6H2,1H3,(H,18,19,20). The van der Waals surface area contributed by atoms with Crippen LogP contribution in [0.4, 0.5) is 8.78 Å². The van der Waals surface area contributed by atoms with Crippen molar-refractivity contribution in [2.45, 2.75) is 19.9 Å². The summed E-state index contributed by atoms with van der Waals surface area (Å²) in [6.07, 6.45) is 2.48. The highest BCUT2D eigenvalue weighted by molar-refractivity contribution is 5.92. The first kappa shape index (κ1) is 13.7. The van der Waals surface area contributed by atoms with Gasteiger partial charge in [0.15, 0.2) is 5.65 Å². The van der Waals surface area contributed by atoms with Gasteiger partial charge in [-0.2, -0.15) is 0 Å². The van der Waals surface area contributed by atoms with Crippen LogP contribution in [0, 0.1) is 6.92 Å². The number of fused-ring (bicyclic) bond motifs is 2. The van der Waals surface area contributed by atoms with Crippen LogP contribution in [0.15, 0.2) is 30.9 Å². The van der Waals surface area contributed by atoms with Crippen LogP contribution in [0.25, 0.3) is 33.5 Å². The summed E-state index contributed by atoms with van der Waals surface area (Å²) in [6, 6.07) is 3.60. The number of nitrogens with zero attached hydrogens (tertiary/aromatic N) is 5. The van der Waals surface area contributed by atoms with E-state index in [0.29, 0.717) is 28.3 Å². The molecule has 4 aromatic heterocycles. The first-order chi connectivity index (χ1) is 11.1. The number of hydrogen-bond acceptors (Lipinski definition) is 4. The number of pyridine rings is 1. The van der Waals surface area contributed by atoms with Crippen LogP contribution >= 0.6 is 0 Å². The van der Waals surface area contributed by atoms with E-state index in [1.165, 1.54) is 10.9 Å². The fourth-order valence-corrected chi connectivity index (χ4v) is 2.69. The first-order valence-electron chi connectivity index (χ1n) is 7.03. The van der Waals surface area contributed by atoms with Crippen molar-refractivity contribution in [2.24, 2.45) is 0 Å². The van der Waals surface area contributed by atoms with Gasteiger partial charge in [0.1, 0.15) is 23.3 Å². The Kier molecular flexibility index (Phi) is 3.03. The van der Waals surface area contributed by atoms with Crippen LogP contribution < -0.4 is 0 Å². The van der Waals surface area contributed by atoms with Crippen molar-refractivity contribution in [1.29, 1.82) is 0 Å². The molecule has 0 aliphatic heterocycles. The highest BCUT2D eigenvalue weighted by Crippen LogP contribution is 2.27. The van der Waals surface area contributed by atoms with E-state index < -0.39 is 13.0 Å². The lowest BCUT2D eigenvalue weighted by Crippen LogP contribution is -2.08. The molecule has 6 nitrogen and oxygen atoms in total. The molecule has 0 fully saturated rings. The molecule has 0 bridgehead atoms. The van der Waals surface area contributed by atoms with Gasteiger partial charge in [0.25, 0.3) is 6.43 Å². The monoisotopic (exact) mass is 314 g/mol. The lowest BCUT2D eigenvalue weighted by molar-refractivity contribution is 0.127. The molecule has 0 radical (unpaired) electrons. The minimum atomic E-state index is -2.46. The SMILES string of the molecule is Cc1nc2ccc(-c3c[nH]c4ncncc34)nc2n1CC(F)F. The van der Waals surface area contributed by atoms with Gasteiger partial charge in [-0.15, -0.1) is 0 Å². The molecule has 116 valence electrons. The van der Waals surface area contributed by atoms with Crippen molar-refractivity contribution in [2.75, 3.05) is 0 Å². The first-order valence-corrected chi connectivity index (χ1v) is 7.03. The van der Waals surface area contributed by atoms with Crippen molar-refractivity contribution >= 4 is 22.2 Å². The minimum absolute atomic E-state index is 0.421. The normalized spacial score (nSPS) is 11.8. The minimum Gasteiger partial charge on any atom is -0.345 e. The fraction of sp³-hybridized carbons (Fsp3) is 0.200.